The maximum Gasteiger partial charge on any atom is 0.123 e. The lowest BCUT2D eigenvalue weighted by atomic mass is 10.2. The predicted octanol–water partition coefficient (Wildman–Crippen LogP) is 0.478. The molecule has 2 rings (SSSR count). The third-order valence-corrected chi connectivity index (χ3v) is 3.36. The van der Waals surface area contributed by atoms with Crippen molar-refractivity contribution >= 4 is 0 Å². The number of nitrogens with zero attached hydrogens (tertiary/aromatic N) is 1. The Morgan fingerprint density at radius 2 is 2.30 bits per heavy atom. The van der Waals surface area contributed by atoms with Crippen LogP contribution in [0.25, 0.3) is 0 Å². The molecule has 1 atom stereocenters. The third-order valence-electron chi connectivity index (χ3n) is 3.36. The number of aliphatic hydroxyl groups is 1. The van der Waals surface area contributed by atoms with Gasteiger partial charge in [-0.2, -0.15) is 0 Å². The Kier molecular flexibility index (Phi) is 6.26. The van der Waals surface area contributed by atoms with Crippen molar-refractivity contribution in [2.75, 3.05) is 46.5 Å². The van der Waals surface area contributed by atoms with Gasteiger partial charge in [-0.1, -0.05) is 18.2 Å². The number of β-amino-alcohol motifs (C(OH)–C–C–N with tert-alkyl or cyclic N) is 1. The Morgan fingerprint density at radius 3 is 3.15 bits per heavy atom. The zero-order valence-corrected chi connectivity index (χ0v) is 12.0. The van der Waals surface area contributed by atoms with Gasteiger partial charge in [0.15, 0.2) is 0 Å². The van der Waals surface area contributed by atoms with Crippen LogP contribution in [0.3, 0.4) is 0 Å². The van der Waals surface area contributed by atoms with E-state index in [4.69, 9.17) is 9.47 Å². The van der Waals surface area contributed by atoms with Gasteiger partial charge in [0.1, 0.15) is 12.4 Å². The highest BCUT2D eigenvalue weighted by Gasteiger charge is 2.17. The molecule has 5 nitrogen and oxygen atoms in total. The molecule has 1 aliphatic rings. The van der Waals surface area contributed by atoms with E-state index in [2.05, 4.69) is 16.3 Å². The second-order valence-corrected chi connectivity index (χ2v) is 5.04. The molecule has 20 heavy (non-hydrogen) atoms. The van der Waals surface area contributed by atoms with E-state index >= 15 is 0 Å². The largest absolute Gasteiger partial charge is 0.492 e. The minimum absolute atomic E-state index is 0.378. The van der Waals surface area contributed by atoms with E-state index in [9.17, 15) is 5.11 Å². The van der Waals surface area contributed by atoms with E-state index in [1.165, 1.54) is 5.56 Å². The Bertz CT molecular complexity index is 400. The van der Waals surface area contributed by atoms with Crippen LogP contribution in [0.15, 0.2) is 24.3 Å². The lowest BCUT2D eigenvalue weighted by Crippen LogP contribution is -2.39. The molecule has 112 valence electrons. The Balaban J connectivity index is 1.78. The molecule has 0 spiro atoms. The van der Waals surface area contributed by atoms with Crippen LogP contribution in [0.2, 0.25) is 0 Å². The normalized spacial score (nSPS) is 17.1. The monoisotopic (exact) mass is 280 g/mol. The first-order valence-electron chi connectivity index (χ1n) is 7.10. The average Bonchev–Trinajstić information content (AvgIpc) is 2.65. The Hall–Kier alpha value is -1.14. The van der Waals surface area contributed by atoms with Crippen molar-refractivity contribution in [1.82, 2.24) is 10.2 Å². The standard InChI is InChI=1S/C15H24N2O3/c1-19-8-6-16-10-14(18)12-17-7-9-20-15-5-3-2-4-13(15)11-17/h2-5,14,16,18H,6-12H2,1H3. The van der Waals surface area contributed by atoms with Crippen molar-refractivity contribution < 1.29 is 14.6 Å². The molecule has 0 radical (unpaired) electrons. The molecular formula is C15H24N2O3. The number of para-hydroxylation sites is 1. The second-order valence-electron chi connectivity index (χ2n) is 5.04. The van der Waals surface area contributed by atoms with E-state index in [0.717, 1.165) is 25.4 Å². The van der Waals surface area contributed by atoms with Crippen LogP contribution in [0.4, 0.5) is 0 Å². The van der Waals surface area contributed by atoms with Gasteiger partial charge in [-0.05, 0) is 6.07 Å². The number of hydrogen-bond acceptors (Lipinski definition) is 5. The van der Waals surface area contributed by atoms with Crippen LogP contribution in [-0.2, 0) is 11.3 Å². The van der Waals surface area contributed by atoms with Gasteiger partial charge in [-0.25, -0.2) is 0 Å². The molecule has 1 aromatic carbocycles. The zero-order chi connectivity index (χ0) is 14.2. The lowest BCUT2D eigenvalue weighted by Gasteiger charge is -2.23. The highest BCUT2D eigenvalue weighted by atomic mass is 16.5. The second kappa shape index (κ2) is 8.21. The predicted molar refractivity (Wildman–Crippen MR) is 78.0 cm³/mol. The summed E-state index contributed by atoms with van der Waals surface area (Å²) in [7, 11) is 1.67. The number of rotatable bonds is 7. The van der Waals surface area contributed by atoms with Gasteiger partial charge >= 0.3 is 0 Å². The summed E-state index contributed by atoms with van der Waals surface area (Å²) in [5.74, 6) is 0.961. The molecule has 1 aliphatic heterocycles. The van der Waals surface area contributed by atoms with E-state index in [-0.39, 0.29) is 6.10 Å². The summed E-state index contributed by atoms with van der Waals surface area (Å²) in [5.41, 5.74) is 1.18. The first-order chi connectivity index (χ1) is 9.79. The van der Waals surface area contributed by atoms with E-state index in [0.29, 0.717) is 26.3 Å². The molecule has 0 fully saturated rings. The fraction of sp³-hybridized carbons (Fsp3) is 0.600. The Morgan fingerprint density at radius 1 is 1.45 bits per heavy atom. The fourth-order valence-electron chi connectivity index (χ4n) is 2.34. The SMILES string of the molecule is COCCNCC(O)CN1CCOc2ccccc2C1. The van der Waals surface area contributed by atoms with Crippen molar-refractivity contribution in [3.05, 3.63) is 29.8 Å². The molecule has 0 saturated heterocycles. The highest BCUT2D eigenvalue weighted by molar-refractivity contribution is 5.33. The quantitative estimate of drug-likeness (QED) is 0.712. The van der Waals surface area contributed by atoms with E-state index in [1.54, 1.807) is 7.11 Å². The molecular weight excluding hydrogens is 256 g/mol. The first kappa shape index (κ1) is 15.3. The van der Waals surface area contributed by atoms with Crippen LogP contribution < -0.4 is 10.1 Å². The molecule has 1 unspecified atom stereocenters. The maximum absolute atomic E-state index is 10.1. The van der Waals surface area contributed by atoms with Gasteiger partial charge < -0.3 is 19.9 Å². The van der Waals surface area contributed by atoms with Crippen molar-refractivity contribution in [1.29, 1.82) is 0 Å². The molecule has 5 heteroatoms. The summed E-state index contributed by atoms with van der Waals surface area (Å²) in [6, 6.07) is 8.09. The van der Waals surface area contributed by atoms with Gasteiger partial charge in [-0.3, -0.25) is 4.90 Å². The maximum atomic E-state index is 10.1. The summed E-state index contributed by atoms with van der Waals surface area (Å²) in [5, 5.41) is 13.2. The van der Waals surface area contributed by atoms with Gasteiger partial charge in [-0.15, -0.1) is 0 Å². The number of benzene rings is 1. The molecule has 1 heterocycles. The number of nitrogens with one attached hydrogen (secondary N) is 1. The average molecular weight is 280 g/mol. The number of hydrogen-bond donors (Lipinski definition) is 2. The van der Waals surface area contributed by atoms with Gasteiger partial charge in [0.05, 0.1) is 12.7 Å². The van der Waals surface area contributed by atoms with Crippen LogP contribution in [-0.4, -0.2) is 62.6 Å². The van der Waals surface area contributed by atoms with Gasteiger partial charge in [0.2, 0.25) is 0 Å². The van der Waals surface area contributed by atoms with Crippen molar-refractivity contribution in [2.24, 2.45) is 0 Å². The van der Waals surface area contributed by atoms with Crippen molar-refractivity contribution in [2.45, 2.75) is 12.6 Å². The minimum Gasteiger partial charge on any atom is -0.492 e. The summed E-state index contributed by atoms with van der Waals surface area (Å²) >= 11 is 0. The highest BCUT2D eigenvalue weighted by Crippen LogP contribution is 2.22. The number of ether oxygens (including phenoxy) is 2. The van der Waals surface area contributed by atoms with Gasteiger partial charge in [0, 0.05) is 45.4 Å². The summed E-state index contributed by atoms with van der Waals surface area (Å²) in [4.78, 5) is 2.23. The van der Waals surface area contributed by atoms with Crippen LogP contribution in [0, 0.1) is 0 Å². The molecule has 0 aliphatic carbocycles. The van der Waals surface area contributed by atoms with Crippen molar-refractivity contribution in [3.63, 3.8) is 0 Å². The number of methoxy groups -OCH3 is 1. The third kappa shape index (κ3) is 4.76. The number of fused-ring (bicyclic) bond motifs is 1. The molecule has 0 saturated carbocycles. The van der Waals surface area contributed by atoms with Crippen LogP contribution in [0.5, 0.6) is 5.75 Å². The first-order valence-corrected chi connectivity index (χ1v) is 7.10. The minimum atomic E-state index is -0.378. The van der Waals surface area contributed by atoms with E-state index < -0.39 is 0 Å². The number of aliphatic hydroxyl groups excluding tert-OH is 1. The smallest absolute Gasteiger partial charge is 0.123 e. The van der Waals surface area contributed by atoms with E-state index in [1.807, 2.05) is 18.2 Å². The van der Waals surface area contributed by atoms with Gasteiger partial charge in [0.25, 0.3) is 0 Å². The molecule has 1 aromatic rings. The summed E-state index contributed by atoms with van der Waals surface area (Å²) < 4.78 is 10.7. The van der Waals surface area contributed by atoms with Crippen LogP contribution in [0.1, 0.15) is 5.56 Å². The molecule has 0 aromatic heterocycles. The topological polar surface area (TPSA) is 54.0 Å². The lowest BCUT2D eigenvalue weighted by molar-refractivity contribution is 0.101. The summed E-state index contributed by atoms with van der Waals surface area (Å²) in [6.07, 6.45) is -0.378. The molecule has 0 bridgehead atoms. The zero-order valence-electron chi connectivity index (χ0n) is 12.0. The fourth-order valence-corrected chi connectivity index (χ4v) is 2.34. The summed E-state index contributed by atoms with van der Waals surface area (Å²) in [6.45, 7) is 4.99. The van der Waals surface area contributed by atoms with Crippen molar-refractivity contribution in [3.8, 4) is 5.75 Å². The molecule has 2 N–H and O–H groups in total. The Labute approximate surface area is 120 Å². The molecule has 0 amide bonds. The van der Waals surface area contributed by atoms with Crippen LogP contribution >= 0.6 is 0 Å².